The second-order valence-corrected chi connectivity index (χ2v) is 6.40. The van der Waals surface area contributed by atoms with Crippen molar-refractivity contribution in [2.75, 3.05) is 0 Å². The van der Waals surface area contributed by atoms with E-state index < -0.39 is 14.2 Å². The van der Waals surface area contributed by atoms with Crippen LogP contribution >= 0.6 is 0 Å². The summed E-state index contributed by atoms with van der Waals surface area (Å²) in [6.07, 6.45) is 0. The van der Waals surface area contributed by atoms with Crippen LogP contribution in [0, 0.1) is 0 Å². The van der Waals surface area contributed by atoms with Gasteiger partial charge in [-0.25, -0.2) is 0 Å². The first-order valence-electron chi connectivity index (χ1n) is 4.72. The zero-order chi connectivity index (χ0) is 11.9. The average molecular weight is 280 g/mol. The Hall–Kier alpha value is -1.28. The number of rotatable bonds is 1. The summed E-state index contributed by atoms with van der Waals surface area (Å²) in [5.41, 5.74) is 0. The van der Waals surface area contributed by atoms with Crippen LogP contribution in [0.4, 0.5) is 0 Å². The van der Waals surface area contributed by atoms with Gasteiger partial charge in [-0.15, -0.1) is 0 Å². The van der Waals surface area contributed by atoms with Crippen LogP contribution in [0.15, 0.2) is 66.7 Å². The van der Waals surface area contributed by atoms with E-state index in [2.05, 4.69) is 0 Å². The van der Waals surface area contributed by atoms with Crippen molar-refractivity contribution in [1.82, 2.24) is 0 Å². The van der Waals surface area contributed by atoms with Gasteiger partial charge < -0.3 is 0 Å². The molecule has 0 aliphatic rings. The minimum atomic E-state index is -4.60. The van der Waals surface area contributed by atoms with Crippen LogP contribution in [0.25, 0.3) is 0 Å². The fraction of sp³-hybridized carbons (Fsp3) is 0. The summed E-state index contributed by atoms with van der Waals surface area (Å²) in [4.78, 5) is 0. The van der Waals surface area contributed by atoms with E-state index in [-0.39, 0.29) is 4.35 Å². The molecule has 0 radical (unpaired) electrons. The van der Waals surface area contributed by atoms with Gasteiger partial charge >= 0.3 is 60.8 Å². The van der Waals surface area contributed by atoms with Crippen LogP contribution in [-0.2, 0) is 3.74 Å². The molecule has 0 aliphatic heterocycles. The molecule has 0 heterocycles. The van der Waals surface area contributed by atoms with Crippen molar-refractivity contribution in [3.8, 4) is 0 Å². The molecule has 4 heteroatoms. The zero-order valence-electron chi connectivity index (χ0n) is 8.60. The van der Waals surface area contributed by atoms with Crippen molar-refractivity contribution in [1.29, 1.82) is 0 Å². The Kier molecular flexibility index (Phi) is 5.06. The van der Waals surface area contributed by atoms with Crippen LogP contribution in [0.2, 0.25) is 0 Å². The van der Waals surface area contributed by atoms with E-state index in [1.807, 2.05) is 36.4 Å². The topological polar surface area (TPSA) is 57.5 Å². The van der Waals surface area contributed by atoms with Gasteiger partial charge in [-0.05, 0) is 0 Å². The molecular formula is C12H13AsO3. The fourth-order valence-electron chi connectivity index (χ4n) is 1.01. The standard InChI is InChI=1S/C6H7AsO3.C6H6/c8-7(9,10)6-4-2-1-3-5-6;1-2-4-6-5-3-1/h1-5H,(H2,8,9,10);1-6H. The van der Waals surface area contributed by atoms with Crippen molar-refractivity contribution in [3.63, 3.8) is 0 Å². The first kappa shape index (κ1) is 12.8. The van der Waals surface area contributed by atoms with Gasteiger partial charge in [-0.1, -0.05) is 36.4 Å². The Morgan fingerprint density at radius 3 is 1.25 bits per heavy atom. The van der Waals surface area contributed by atoms with Gasteiger partial charge in [0, 0.05) is 0 Å². The van der Waals surface area contributed by atoms with E-state index in [0.29, 0.717) is 0 Å². The van der Waals surface area contributed by atoms with Gasteiger partial charge in [-0.3, -0.25) is 0 Å². The summed E-state index contributed by atoms with van der Waals surface area (Å²) in [5.74, 6) is 0. The molecule has 0 aliphatic carbocycles. The van der Waals surface area contributed by atoms with E-state index in [9.17, 15) is 3.74 Å². The quantitative estimate of drug-likeness (QED) is 0.764. The molecule has 0 bridgehead atoms. The van der Waals surface area contributed by atoms with Crippen LogP contribution < -0.4 is 4.35 Å². The Balaban J connectivity index is 0.000000181. The summed E-state index contributed by atoms with van der Waals surface area (Å²) in [7, 11) is 0. The summed E-state index contributed by atoms with van der Waals surface area (Å²) >= 11 is -4.60. The molecule has 0 aromatic heterocycles. The molecule has 0 atom stereocenters. The SMILES string of the molecule is O=[As](O)(O)c1ccccc1.c1ccccc1. The molecule has 2 aromatic rings. The molecule has 84 valence electrons. The Labute approximate surface area is 97.4 Å². The molecule has 16 heavy (non-hydrogen) atoms. The molecule has 0 spiro atoms. The van der Waals surface area contributed by atoms with E-state index in [1.54, 1.807) is 18.2 Å². The van der Waals surface area contributed by atoms with Gasteiger partial charge in [0.2, 0.25) is 0 Å². The van der Waals surface area contributed by atoms with Crippen molar-refractivity contribution in [2.24, 2.45) is 0 Å². The minimum absolute atomic E-state index is 0.126. The predicted octanol–water partition coefficient (Wildman–Crippen LogP) is 0.934. The summed E-state index contributed by atoms with van der Waals surface area (Å²) in [5, 5.41) is 0. The van der Waals surface area contributed by atoms with Crippen LogP contribution in [0.3, 0.4) is 0 Å². The first-order chi connectivity index (χ1) is 7.61. The monoisotopic (exact) mass is 280 g/mol. The van der Waals surface area contributed by atoms with Gasteiger partial charge in [0.25, 0.3) is 0 Å². The molecule has 0 saturated heterocycles. The van der Waals surface area contributed by atoms with Crippen LogP contribution in [-0.4, -0.2) is 22.4 Å². The summed E-state index contributed by atoms with van der Waals surface area (Å²) in [6.45, 7) is 0. The van der Waals surface area contributed by atoms with Crippen LogP contribution in [0.5, 0.6) is 0 Å². The molecule has 0 fully saturated rings. The van der Waals surface area contributed by atoms with E-state index in [1.165, 1.54) is 12.1 Å². The third-order valence-corrected chi connectivity index (χ3v) is 3.80. The fourth-order valence-corrected chi connectivity index (χ4v) is 2.18. The maximum Gasteiger partial charge on any atom is -0.0623 e. The molecule has 2 rings (SSSR count). The maximum absolute atomic E-state index is 10.6. The Morgan fingerprint density at radius 1 is 0.688 bits per heavy atom. The molecule has 2 N–H and O–H groups in total. The largest absolute Gasteiger partial charge is 0.0623 e. The maximum atomic E-state index is 10.6. The first-order valence-corrected chi connectivity index (χ1v) is 8.10. The molecule has 3 nitrogen and oxygen atoms in total. The zero-order valence-corrected chi connectivity index (χ0v) is 10.5. The minimum Gasteiger partial charge on any atom is -0.0623 e. The molecule has 0 saturated carbocycles. The van der Waals surface area contributed by atoms with E-state index in [0.717, 1.165) is 0 Å². The number of hydrogen-bond donors (Lipinski definition) is 2. The molecule has 0 amide bonds. The van der Waals surface area contributed by atoms with Crippen LogP contribution in [0.1, 0.15) is 0 Å². The van der Waals surface area contributed by atoms with Crippen molar-refractivity contribution in [2.45, 2.75) is 0 Å². The summed E-state index contributed by atoms with van der Waals surface area (Å²) < 4.78 is 28.0. The Bertz CT molecular complexity index is 410. The van der Waals surface area contributed by atoms with Gasteiger partial charge in [0.05, 0.1) is 0 Å². The number of hydrogen-bond acceptors (Lipinski definition) is 1. The predicted molar refractivity (Wildman–Crippen MR) is 63.4 cm³/mol. The van der Waals surface area contributed by atoms with Crippen molar-refractivity contribution >= 4 is 18.5 Å². The second kappa shape index (κ2) is 6.33. The third kappa shape index (κ3) is 4.98. The molecular weight excluding hydrogens is 267 g/mol. The molecule has 0 unspecified atom stereocenters. The third-order valence-electron chi connectivity index (χ3n) is 1.76. The normalized spacial score (nSPS) is 10.1. The Morgan fingerprint density at radius 2 is 1.00 bits per heavy atom. The second-order valence-electron chi connectivity index (χ2n) is 3.03. The van der Waals surface area contributed by atoms with Gasteiger partial charge in [-0.2, -0.15) is 0 Å². The van der Waals surface area contributed by atoms with Gasteiger partial charge in [0.15, 0.2) is 0 Å². The number of benzene rings is 2. The average Bonchev–Trinajstić information content (AvgIpc) is 2.32. The van der Waals surface area contributed by atoms with E-state index >= 15 is 0 Å². The summed E-state index contributed by atoms with van der Waals surface area (Å²) in [6, 6.07) is 19.8. The van der Waals surface area contributed by atoms with Crippen molar-refractivity contribution < 1.29 is 11.9 Å². The molecule has 2 aromatic carbocycles. The van der Waals surface area contributed by atoms with E-state index in [4.69, 9.17) is 8.19 Å². The van der Waals surface area contributed by atoms with Gasteiger partial charge in [0.1, 0.15) is 0 Å². The van der Waals surface area contributed by atoms with Crippen molar-refractivity contribution in [3.05, 3.63) is 66.7 Å². The smallest absolute Gasteiger partial charge is 0.0623 e.